The highest BCUT2D eigenvalue weighted by molar-refractivity contribution is 9.12. The Balaban J connectivity index is 2.46. The summed E-state index contributed by atoms with van der Waals surface area (Å²) in [4.78, 5) is 0. The third kappa shape index (κ3) is 3.95. The van der Waals surface area contributed by atoms with Crippen molar-refractivity contribution in [3.05, 3.63) is 53.0 Å². The Kier molecular flexibility index (Phi) is 6.29. The quantitative estimate of drug-likeness (QED) is 0.518. The van der Waals surface area contributed by atoms with E-state index in [0.29, 0.717) is 0 Å². The highest BCUT2D eigenvalue weighted by Gasteiger charge is 2.20. The molecule has 0 bridgehead atoms. The number of halogens is 3. The molecule has 2 rings (SSSR count). The third-order valence-electron chi connectivity index (χ3n) is 3.06. The van der Waals surface area contributed by atoms with Crippen molar-refractivity contribution < 1.29 is 0 Å². The van der Waals surface area contributed by atoms with E-state index in [2.05, 4.69) is 91.2 Å². The fourth-order valence-corrected chi connectivity index (χ4v) is 5.49. The summed E-state index contributed by atoms with van der Waals surface area (Å²) in [5.74, 6) is 0. The van der Waals surface area contributed by atoms with Crippen LogP contribution in [0.25, 0.3) is 0 Å². The van der Waals surface area contributed by atoms with Crippen molar-refractivity contribution in [2.75, 3.05) is 6.54 Å². The molecule has 1 nitrogen and oxygen atoms in total. The molecule has 1 atom stereocenters. The molecule has 1 aromatic heterocycles. The molecule has 2 aromatic rings. The van der Waals surface area contributed by atoms with E-state index in [4.69, 9.17) is 0 Å². The van der Waals surface area contributed by atoms with Crippen LogP contribution in [0.2, 0.25) is 0 Å². The smallest absolute Gasteiger partial charge is 0.0761 e. The zero-order valence-corrected chi connectivity index (χ0v) is 16.9. The number of hydrogen-bond acceptors (Lipinski definition) is 2. The van der Waals surface area contributed by atoms with Crippen molar-refractivity contribution in [1.29, 1.82) is 0 Å². The Hall–Kier alpha value is 0.320. The molecule has 20 heavy (non-hydrogen) atoms. The minimum absolute atomic E-state index is 0.196. The zero-order chi connectivity index (χ0) is 14.7. The van der Waals surface area contributed by atoms with Crippen LogP contribution in [0.3, 0.4) is 0 Å². The Morgan fingerprint density at radius 1 is 1.15 bits per heavy atom. The van der Waals surface area contributed by atoms with Gasteiger partial charge < -0.3 is 5.32 Å². The van der Waals surface area contributed by atoms with Gasteiger partial charge in [0.15, 0.2) is 0 Å². The lowest BCUT2D eigenvalue weighted by Gasteiger charge is -2.21. The van der Waals surface area contributed by atoms with Gasteiger partial charge in [0.2, 0.25) is 0 Å². The SMILES string of the molecule is CCCNC(c1cc(C)ccc1Br)c1cc(Br)sc1Br. The minimum atomic E-state index is 0.196. The van der Waals surface area contributed by atoms with Gasteiger partial charge in [-0.25, -0.2) is 0 Å². The van der Waals surface area contributed by atoms with Gasteiger partial charge in [-0.05, 0) is 75.0 Å². The van der Waals surface area contributed by atoms with Gasteiger partial charge in [0.25, 0.3) is 0 Å². The van der Waals surface area contributed by atoms with E-state index in [1.807, 2.05) is 0 Å². The summed E-state index contributed by atoms with van der Waals surface area (Å²) in [7, 11) is 0. The molecule has 0 spiro atoms. The van der Waals surface area contributed by atoms with Crippen LogP contribution >= 0.6 is 59.1 Å². The Morgan fingerprint density at radius 3 is 2.50 bits per heavy atom. The van der Waals surface area contributed by atoms with E-state index in [-0.39, 0.29) is 6.04 Å². The first kappa shape index (κ1) is 16.7. The maximum Gasteiger partial charge on any atom is 0.0761 e. The van der Waals surface area contributed by atoms with Gasteiger partial charge in [0.1, 0.15) is 0 Å². The van der Waals surface area contributed by atoms with Crippen LogP contribution in [0.5, 0.6) is 0 Å². The van der Waals surface area contributed by atoms with Gasteiger partial charge in [-0.2, -0.15) is 0 Å². The summed E-state index contributed by atoms with van der Waals surface area (Å²) < 4.78 is 3.46. The second-order valence-electron chi connectivity index (χ2n) is 4.69. The topological polar surface area (TPSA) is 12.0 Å². The average Bonchev–Trinajstić information content (AvgIpc) is 2.73. The van der Waals surface area contributed by atoms with Crippen molar-refractivity contribution in [3.63, 3.8) is 0 Å². The summed E-state index contributed by atoms with van der Waals surface area (Å²) in [5, 5.41) is 3.65. The van der Waals surface area contributed by atoms with Crippen LogP contribution < -0.4 is 5.32 Å². The molecule has 1 heterocycles. The van der Waals surface area contributed by atoms with Crippen LogP contribution in [-0.4, -0.2) is 6.54 Å². The van der Waals surface area contributed by atoms with Crippen LogP contribution in [0.15, 0.2) is 36.3 Å². The molecular formula is C15H16Br3NS. The van der Waals surface area contributed by atoms with Gasteiger partial charge in [0.05, 0.1) is 13.6 Å². The van der Waals surface area contributed by atoms with E-state index in [0.717, 1.165) is 21.2 Å². The number of rotatable bonds is 5. The number of hydrogen-bond donors (Lipinski definition) is 1. The molecule has 108 valence electrons. The lowest BCUT2D eigenvalue weighted by atomic mass is 9.99. The van der Waals surface area contributed by atoms with Crippen LogP contribution in [0, 0.1) is 6.92 Å². The maximum atomic E-state index is 3.69. The summed E-state index contributed by atoms with van der Waals surface area (Å²) in [6.45, 7) is 5.31. The summed E-state index contributed by atoms with van der Waals surface area (Å²) in [6.07, 6.45) is 1.11. The molecule has 0 saturated carbocycles. The van der Waals surface area contributed by atoms with Crippen LogP contribution in [0.4, 0.5) is 0 Å². The first-order chi connectivity index (χ1) is 9.52. The van der Waals surface area contributed by atoms with Gasteiger partial charge in [0, 0.05) is 4.47 Å². The van der Waals surface area contributed by atoms with E-state index < -0.39 is 0 Å². The molecule has 0 fully saturated rings. The van der Waals surface area contributed by atoms with Gasteiger partial charge in [-0.15, -0.1) is 11.3 Å². The molecule has 0 aliphatic rings. The van der Waals surface area contributed by atoms with Crippen molar-refractivity contribution in [2.24, 2.45) is 0 Å². The maximum absolute atomic E-state index is 3.69. The largest absolute Gasteiger partial charge is 0.306 e. The van der Waals surface area contributed by atoms with Crippen LogP contribution in [-0.2, 0) is 0 Å². The van der Waals surface area contributed by atoms with Crippen molar-refractivity contribution in [2.45, 2.75) is 26.3 Å². The minimum Gasteiger partial charge on any atom is -0.306 e. The fourth-order valence-electron chi connectivity index (χ4n) is 2.11. The van der Waals surface area contributed by atoms with Gasteiger partial charge in [-0.3, -0.25) is 0 Å². The number of nitrogens with one attached hydrogen (secondary N) is 1. The molecule has 0 amide bonds. The normalized spacial score (nSPS) is 12.7. The van der Waals surface area contributed by atoms with Crippen molar-refractivity contribution in [3.8, 4) is 0 Å². The number of thiophene rings is 1. The molecule has 0 aliphatic heterocycles. The predicted molar refractivity (Wildman–Crippen MR) is 98.7 cm³/mol. The molecule has 0 radical (unpaired) electrons. The lowest BCUT2D eigenvalue weighted by Crippen LogP contribution is -2.23. The van der Waals surface area contributed by atoms with Gasteiger partial charge >= 0.3 is 0 Å². The van der Waals surface area contributed by atoms with Crippen LogP contribution in [0.1, 0.15) is 36.1 Å². The molecular weight excluding hydrogens is 466 g/mol. The van der Waals surface area contributed by atoms with Crippen molar-refractivity contribution >= 4 is 59.1 Å². The van der Waals surface area contributed by atoms with E-state index >= 15 is 0 Å². The monoisotopic (exact) mass is 479 g/mol. The first-order valence-electron chi connectivity index (χ1n) is 6.47. The predicted octanol–water partition coefficient (Wildman–Crippen LogP) is 6.43. The molecule has 1 unspecified atom stereocenters. The fraction of sp³-hybridized carbons (Fsp3) is 0.333. The second-order valence-corrected chi connectivity index (χ2v) is 9.30. The Labute approximate surface area is 149 Å². The van der Waals surface area contributed by atoms with Gasteiger partial charge in [-0.1, -0.05) is 40.5 Å². The highest BCUT2D eigenvalue weighted by atomic mass is 79.9. The standard InChI is InChI=1S/C15H16Br3NS/c1-3-6-19-14(11-8-13(17)20-15(11)18)10-7-9(2)4-5-12(10)16/h4-5,7-8,14,19H,3,6H2,1-2H3. The second kappa shape index (κ2) is 7.54. The third-order valence-corrected chi connectivity index (χ3v) is 6.16. The summed E-state index contributed by atoms with van der Waals surface area (Å²) >= 11 is 12.7. The molecule has 1 aromatic carbocycles. The van der Waals surface area contributed by atoms with E-state index in [9.17, 15) is 0 Å². The number of aryl methyl sites for hydroxylation is 1. The molecule has 5 heteroatoms. The van der Waals surface area contributed by atoms with E-state index in [1.165, 1.54) is 20.5 Å². The lowest BCUT2D eigenvalue weighted by molar-refractivity contribution is 0.596. The molecule has 1 N–H and O–H groups in total. The molecule has 0 saturated heterocycles. The average molecular weight is 482 g/mol. The van der Waals surface area contributed by atoms with Crippen molar-refractivity contribution in [1.82, 2.24) is 5.32 Å². The highest BCUT2D eigenvalue weighted by Crippen LogP contribution is 2.39. The Morgan fingerprint density at radius 2 is 1.90 bits per heavy atom. The molecule has 0 aliphatic carbocycles. The van der Waals surface area contributed by atoms with E-state index in [1.54, 1.807) is 11.3 Å². The summed E-state index contributed by atoms with van der Waals surface area (Å²) in [6, 6.07) is 8.89. The first-order valence-corrected chi connectivity index (χ1v) is 9.66. The summed E-state index contributed by atoms with van der Waals surface area (Å²) in [5.41, 5.74) is 3.84. The number of benzene rings is 1. The Bertz CT molecular complexity index is 595. The zero-order valence-electron chi connectivity index (χ0n) is 11.3.